The van der Waals surface area contributed by atoms with Crippen molar-refractivity contribution in [3.8, 4) is 0 Å². The molecule has 2 fully saturated rings. The van der Waals surface area contributed by atoms with Crippen LogP contribution in [0.4, 0.5) is 4.79 Å². The Labute approximate surface area is 126 Å². The van der Waals surface area contributed by atoms with Crippen LogP contribution in [0.15, 0.2) is 6.20 Å². The van der Waals surface area contributed by atoms with Gasteiger partial charge in [-0.3, -0.25) is 0 Å². The van der Waals surface area contributed by atoms with Gasteiger partial charge in [-0.25, -0.2) is 9.78 Å². The van der Waals surface area contributed by atoms with Gasteiger partial charge in [0.05, 0.1) is 0 Å². The number of aryl methyl sites for hydroxylation is 1. The average molecular weight is 290 g/mol. The minimum atomic E-state index is 0.101. The molecule has 1 aliphatic carbocycles. The summed E-state index contributed by atoms with van der Waals surface area (Å²) in [6, 6.07) is 0.101. The molecule has 5 nitrogen and oxygen atoms in total. The highest BCUT2D eigenvalue weighted by atomic mass is 16.2. The van der Waals surface area contributed by atoms with Crippen molar-refractivity contribution in [3.63, 3.8) is 0 Å². The van der Waals surface area contributed by atoms with E-state index in [1.165, 1.54) is 24.4 Å². The summed E-state index contributed by atoms with van der Waals surface area (Å²) in [5.74, 6) is 2.51. The number of likely N-dealkylation sites (tertiary alicyclic amines) is 1. The molecule has 0 radical (unpaired) electrons. The Balaban J connectivity index is 1.57. The molecule has 1 saturated carbocycles. The van der Waals surface area contributed by atoms with Gasteiger partial charge < -0.3 is 14.8 Å². The third-order valence-corrected chi connectivity index (χ3v) is 4.57. The molecular formula is C16H26N4O. The number of hydrogen-bond donors (Lipinski definition) is 1. The van der Waals surface area contributed by atoms with E-state index in [-0.39, 0.29) is 6.03 Å². The van der Waals surface area contributed by atoms with Crippen LogP contribution >= 0.6 is 0 Å². The molecule has 1 N–H and O–H groups in total. The highest BCUT2D eigenvalue weighted by Gasteiger charge is 2.31. The van der Waals surface area contributed by atoms with Crippen LogP contribution < -0.4 is 5.32 Å². The molecular weight excluding hydrogens is 264 g/mol. The molecule has 1 aromatic rings. The molecule has 5 heteroatoms. The number of imidazole rings is 1. The number of aromatic nitrogens is 2. The number of hydrogen-bond acceptors (Lipinski definition) is 2. The Bertz CT molecular complexity index is 506. The SMILES string of the molecule is CCCNC(=O)N1CCC(Cn2c(C)cnc2C2CC2)C1. The van der Waals surface area contributed by atoms with Crippen molar-refractivity contribution in [1.82, 2.24) is 19.8 Å². The van der Waals surface area contributed by atoms with E-state index < -0.39 is 0 Å². The van der Waals surface area contributed by atoms with Crippen LogP contribution in [-0.2, 0) is 6.54 Å². The van der Waals surface area contributed by atoms with Gasteiger partial charge in [-0.1, -0.05) is 6.92 Å². The first-order valence-corrected chi connectivity index (χ1v) is 8.23. The molecule has 3 rings (SSSR count). The fourth-order valence-corrected chi connectivity index (χ4v) is 3.15. The number of amides is 2. The maximum absolute atomic E-state index is 12.0. The van der Waals surface area contributed by atoms with Crippen molar-refractivity contribution in [2.45, 2.75) is 52.0 Å². The van der Waals surface area contributed by atoms with Gasteiger partial charge in [0, 0.05) is 44.0 Å². The number of nitrogens with one attached hydrogen (secondary N) is 1. The van der Waals surface area contributed by atoms with E-state index in [2.05, 4.69) is 28.7 Å². The van der Waals surface area contributed by atoms with Crippen molar-refractivity contribution < 1.29 is 4.79 Å². The van der Waals surface area contributed by atoms with Gasteiger partial charge in [0.2, 0.25) is 0 Å². The van der Waals surface area contributed by atoms with E-state index in [0.29, 0.717) is 11.8 Å². The molecule has 1 saturated heterocycles. The van der Waals surface area contributed by atoms with Crippen LogP contribution in [0.3, 0.4) is 0 Å². The molecule has 116 valence electrons. The minimum Gasteiger partial charge on any atom is -0.338 e. The number of urea groups is 1. The third-order valence-electron chi connectivity index (χ3n) is 4.57. The summed E-state index contributed by atoms with van der Waals surface area (Å²) < 4.78 is 2.38. The van der Waals surface area contributed by atoms with Crippen molar-refractivity contribution >= 4 is 6.03 Å². The van der Waals surface area contributed by atoms with E-state index >= 15 is 0 Å². The first-order valence-electron chi connectivity index (χ1n) is 8.23. The average Bonchev–Trinajstić information content (AvgIpc) is 3.11. The monoisotopic (exact) mass is 290 g/mol. The van der Waals surface area contributed by atoms with Crippen molar-refractivity contribution in [3.05, 3.63) is 17.7 Å². The standard InChI is InChI=1S/C16H26N4O/c1-3-7-17-16(21)19-8-6-13(10-19)11-20-12(2)9-18-15(20)14-4-5-14/h9,13-14H,3-8,10-11H2,1-2H3,(H,17,21). The number of rotatable bonds is 5. The summed E-state index contributed by atoms with van der Waals surface area (Å²) in [6.45, 7) is 7.75. The summed E-state index contributed by atoms with van der Waals surface area (Å²) in [5.41, 5.74) is 1.26. The topological polar surface area (TPSA) is 50.2 Å². The van der Waals surface area contributed by atoms with Crippen LogP contribution in [-0.4, -0.2) is 40.1 Å². The fourth-order valence-electron chi connectivity index (χ4n) is 3.15. The summed E-state index contributed by atoms with van der Waals surface area (Å²) in [5, 5.41) is 2.97. The Morgan fingerprint density at radius 2 is 2.24 bits per heavy atom. The maximum Gasteiger partial charge on any atom is 0.317 e. The molecule has 0 spiro atoms. The predicted molar refractivity (Wildman–Crippen MR) is 82.3 cm³/mol. The second-order valence-corrected chi connectivity index (χ2v) is 6.48. The number of carbonyl (C=O) groups excluding carboxylic acids is 1. The Morgan fingerprint density at radius 3 is 2.95 bits per heavy atom. The van der Waals surface area contributed by atoms with Crippen LogP contribution in [0.1, 0.15) is 50.0 Å². The predicted octanol–water partition coefficient (Wildman–Crippen LogP) is 2.51. The molecule has 2 amide bonds. The summed E-state index contributed by atoms with van der Waals surface area (Å²) in [7, 11) is 0. The lowest BCUT2D eigenvalue weighted by Gasteiger charge is -2.18. The molecule has 2 aliphatic rings. The number of carbonyl (C=O) groups is 1. The minimum absolute atomic E-state index is 0.101. The molecule has 1 atom stereocenters. The first kappa shape index (κ1) is 14.4. The van der Waals surface area contributed by atoms with Gasteiger partial charge in [-0.15, -0.1) is 0 Å². The molecule has 0 aromatic carbocycles. The quantitative estimate of drug-likeness (QED) is 0.906. The lowest BCUT2D eigenvalue weighted by molar-refractivity contribution is 0.206. The van der Waals surface area contributed by atoms with Crippen molar-refractivity contribution in [2.75, 3.05) is 19.6 Å². The zero-order valence-electron chi connectivity index (χ0n) is 13.1. The van der Waals surface area contributed by atoms with E-state index in [1.54, 1.807) is 0 Å². The highest BCUT2D eigenvalue weighted by molar-refractivity contribution is 5.74. The van der Waals surface area contributed by atoms with E-state index in [1.807, 2.05) is 11.1 Å². The lowest BCUT2D eigenvalue weighted by atomic mass is 10.1. The van der Waals surface area contributed by atoms with Crippen LogP contribution in [0.5, 0.6) is 0 Å². The van der Waals surface area contributed by atoms with Crippen molar-refractivity contribution in [1.29, 1.82) is 0 Å². The van der Waals surface area contributed by atoms with Gasteiger partial charge in [-0.2, -0.15) is 0 Å². The van der Waals surface area contributed by atoms with E-state index in [4.69, 9.17) is 0 Å². The largest absolute Gasteiger partial charge is 0.338 e. The Kier molecular flexibility index (Phi) is 4.17. The fraction of sp³-hybridized carbons (Fsp3) is 0.750. The Hall–Kier alpha value is -1.52. The lowest BCUT2D eigenvalue weighted by Crippen LogP contribution is -2.39. The van der Waals surface area contributed by atoms with Gasteiger partial charge in [0.15, 0.2) is 0 Å². The van der Waals surface area contributed by atoms with Crippen LogP contribution in [0.25, 0.3) is 0 Å². The highest BCUT2D eigenvalue weighted by Crippen LogP contribution is 2.39. The zero-order valence-corrected chi connectivity index (χ0v) is 13.1. The van der Waals surface area contributed by atoms with Crippen molar-refractivity contribution in [2.24, 2.45) is 5.92 Å². The summed E-state index contributed by atoms with van der Waals surface area (Å²) in [6.07, 6.45) is 6.65. The van der Waals surface area contributed by atoms with Gasteiger partial charge in [-0.05, 0) is 38.5 Å². The smallest absolute Gasteiger partial charge is 0.317 e. The van der Waals surface area contributed by atoms with Crippen LogP contribution in [0.2, 0.25) is 0 Å². The molecule has 2 heterocycles. The maximum atomic E-state index is 12.0. The van der Waals surface area contributed by atoms with Gasteiger partial charge in [0.1, 0.15) is 5.82 Å². The van der Waals surface area contributed by atoms with Gasteiger partial charge >= 0.3 is 6.03 Å². The van der Waals surface area contributed by atoms with Gasteiger partial charge in [0.25, 0.3) is 0 Å². The second-order valence-electron chi connectivity index (χ2n) is 6.48. The Morgan fingerprint density at radius 1 is 1.43 bits per heavy atom. The first-order chi connectivity index (χ1) is 10.2. The van der Waals surface area contributed by atoms with Crippen LogP contribution in [0, 0.1) is 12.8 Å². The molecule has 1 aromatic heterocycles. The molecule has 0 bridgehead atoms. The van der Waals surface area contributed by atoms with E-state index in [0.717, 1.165) is 39.0 Å². The molecule has 1 unspecified atom stereocenters. The molecule has 1 aliphatic heterocycles. The van der Waals surface area contributed by atoms with E-state index in [9.17, 15) is 4.79 Å². The summed E-state index contributed by atoms with van der Waals surface area (Å²) >= 11 is 0. The molecule has 21 heavy (non-hydrogen) atoms. The second kappa shape index (κ2) is 6.08. The third kappa shape index (κ3) is 3.22. The number of nitrogens with zero attached hydrogens (tertiary/aromatic N) is 3. The summed E-state index contributed by atoms with van der Waals surface area (Å²) in [4.78, 5) is 18.5. The zero-order chi connectivity index (χ0) is 14.8. The normalized spacial score (nSPS) is 21.8.